The molecule has 2 amide bonds. The predicted molar refractivity (Wildman–Crippen MR) is 124 cm³/mol. The van der Waals surface area contributed by atoms with Crippen molar-refractivity contribution >= 4 is 23.8 Å². The summed E-state index contributed by atoms with van der Waals surface area (Å²) in [7, 11) is 1.29. The third-order valence-electron chi connectivity index (χ3n) is 7.64. The number of ether oxygens (including phenoxy) is 2. The zero-order valence-electron chi connectivity index (χ0n) is 20.6. The van der Waals surface area contributed by atoms with Crippen molar-refractivity contribution in [3.8, 4) is 0 Å². The number of rotatable bonds is 8. The quantitative estimate of drug-likeness (QED) is 0.438. The Morgan fingerprint density at radius 3 is 2.18 bits per heavy atom. The Morgan fingerprint density at radius 2 is 1.56 bits per heavy atom. The van der Waals surface area contributed by atoms with Crippen LogP contribution in [0, 0.1) is 17.8 Å². The minimum absolute atomic E-state index is 0.0103. The van der Waals surface area contributed by atoms with E-state index in [1.807, 2.05) is 6.92 Å². The lowest BCUT2D eigenvalue weighted by Crippen LogP contribution is -2.49. The van der Waals surface area contributed by atoms with Gasteiger partial charge in [0.2, 0.25) is 11.8 Å². The maximum Gasteiger partial charge on any atom is 0.325 e. The summed E-state index contributed by atoms with van der Waals surface area (Å²) in [5.41, 5.74) is 3.38. The molecule has 1 saturated heterocycles. The van der Waals surface area contributed by atoms with Crippen LogP contribution in [-0.4, -0.2) is 73.7 Å². The summed E-state index contributed by atoms with van der Waals surface area (Å²) in [5.74, 6) is -0.879. The van der Waals surface area contributed by atoms with E-state index in [1.54, 1.807) is 0 Å². The molecule has 2 atom stereocenters. The molecule has 0 aromatic rings. The molecule has 2 aliphatic carbocycles. The van der Waals surface area contributed by atoms with Crippen molar-refractivity contribution in [1.82, 2.24) is 21.1 Å². The minimum atomic E-state index is -0.460. The van der Waals surface area contributed by atoms with Gasteiger partial charge < -0.3 is 20.1 Å². The van der Waals surface area contributed by atoms with Crippen LogP contribution in [0.25, 0.3) is 0 Å². The summed E-state index contributed by atoms with van der Waals surface area (Å²) in [5, 5.41) is 8.02. The molecule has 1 heterocycles. The molecule has 0 radical (unpaired) electrons. The maximum absolute atomic E-state index is 12.9. The van der Waals surface area contributed by atoms with Crippen molar-refractivity contribution in [1.29, 1.82) is 0 Å². The molecule has 2 saturated carbocycles. The zero-order chi connectivity index (χ0) is 24.7. The third-order valence-corrected chi connectivity index (χ3v) is 7.64. The molecular weight excluding hydrogens is 440 g/mol. The first kappa shape index (κ1) is 26.4. The van der Waals surface area contributed by atoms with Gasteiger partial charge in [-0.1, -0.05) is 0 Å². The average Bonchev–Trinajstić information content (AvgIpc) is 3.24. The highest BCUT2D eigenvalue weighted by atomic mass is 16.5. The van der Waals surface area contributed by atoms with Gasteiger partial charge >= 0.3 is 11.9 Å². The molecule has 10 nitrogen and oxygen atoms in total. The number of esters is 2. The largest absolute Gasteiger partial charge is 0.468 e. The Kier molecular flexibility index (Phi) is 9.70. The van der Waals surface area contributed by atoms with E-state index in [9.17, 15) is 19.2 Å². The van der Waals surface area contributed by atoms with Crippen molar-refractivity contribution in [2.24, 2.45) is 17.8 Å². The number of nitrogens with zero attached hydrogens (tertiary/aromatic N) is 1. The van der Waals surface area contributed by atoms with Gasteiger partial charge in [-0.25, -0.2) is 5.01 Å². The number of hydrazine groups is 1. The lowest BCUT2D eigenvalue weighted by atomic mass is 9.83. The van der Waals surface area contributed by atoms with Crippen LogP contribution >= 0.6 is 0 Å². The molecule has 1 aliphatic heterocycles. The van der Waals surface area contributed by atoms with Crippen LogP contribution in [-0.2, 0) is 28.7 Å². The molecule has 0 aromatic carbocycles. The fourth-order valence-electron chi connectivity index (χ4n) is 5.51. The molecule has 0 spiro atoms. The molecule has 3 rings (SSSR count). The Labute approximate surface area is 201 Å². The highest BCUT2D eigenvalue weighted by Gasteiger charge is 2.41. The lowest BCUT2D eigenvalue weighted by Gasteiger charge is -2.37. The standard InChI is InChI=1S/C24H40N4O6/c1-4-34-24(32)20-13-26-28(15(20)2)19-11-7-17(8-12-19)23(31)27-18-9-5-16(6-10-18)22(30)25-14-21(29)33-3/h15-20,26H,4-14H2,1-3H3,(H,25,30)(H,27,31). The molecule has 3 fully saturated rings. The maximum atomic E-state index is 12.9. The van der Waals surface area contributed by atoms with Gasteiger partial charge in [0.05, 0.1) is 19.6 Å². The lowest BCUT2D eigenvalue weighted by molar-refractivity contribution is -0.148. The molecule has 0 aromatic heterocycles. The number of carbonyl (C=O) groups is 4. The molecule has 3 aliphatic rings. The summed E-state index contributed by atoms with van der Waals surface area (Å²) in [4.78, 5) is 48.4. The number of hydrogen-bond acceptors (Lipinski definition) is 8. The third kappa shape index (κ3) is 6.69. The Morgan fingerprint density at radius 1 is 0.941 bits per heavy atom. The van der Waals surface area contributed by atoms with Crippen molar-refractivity contribution in [2.75, 3.05) is 26.8 Å². The highest BCUT2D eigenvalue weighted by Crippen LogP contribution is 2.32. The van der Waals surface area contributed by atoms with Crippen molar-refractivity contribution in [2.45, 2.75) is 83.3 Å². The minimum Gasteiger partial charge on any atom is -0.468 e. The summed E-state index contributed by atoms with van der Waals surface area (Å²) in [6, 6.07) is 0.493. The second kappa shape index (κ2) is 12.5. The van der Waals surface area contributed by atoms with Crippen LogP contribution in [0.15, 0.2) is 0 Å². The number of methoxy groups -OCH3 is 1. The Bertz CT molecular complexity index is 731. The molecule has 192 valence electrons. The predicted octanol–water partition coefficient (Wildman–Crippen LogP) is 0.897. The van der Waals surface area contributed by atoms with Crippen LogP contribution in [0.1, 0.15) is 65.2 Å². The monoisotopic (exact) mass is 480 g/mol. The van der Waals surface area contributed by atoms with E-state index >= 15 is 0 Å². The number of carbonyl (C=O) groups excluding carboxylic acids is 4. The van der Waals surface area contributed by atoms with Crippen LogP contribution in [0.3, 0.4) is 0 Å². The van der Waals surface area contributed by atoms with Crippen LogP contribution < -0.4 is 16.1 Å². The number of nitrogens with one attached hydrogen (secondary N) is 3. The molecular formula is C24H40N4O6. The van der Waals surface area contributed by atoms with Gasteiger partial charge in [0.25, 0.3) is 0 Å². The van der Waals surface area contributed by atoms with Crippen LogP contribution in [0.2, 0.25) is 0 Å². The smallest absolute Gasteiger partial charge is 0.325 e. The van der Waals surface area contributed by atoms with Gasteiger partial charge in [-0.15, -0.1) is 0 Å². The first-order valence-corrected chi connectivity index (χ1v) is 12.7. The van der Waals surface area contributed by atoms with E-state index in [0.29, 0.717) is 32.0 Å². The van der Waals surface area contributed by atoms with E-state index in [4.69, 9.17) is 4.74 Å². The highest BCUT2D eigenvalue weighted by molar-refractivity contribution is 5.83. The van der Waals surface area contributed by atoms with Crippen molar-refractivity contribution < 1.29 is 28.7 Å². The van der Waals surface area contributed by atoms with Crippen molar-refractivity contribution in [3.05, 3.63) is 0 Å². The van der Waals surface area contributed by atoms with Gasteiger partial charge in [0.1, 0.15) is 6.54 Å². The molecule has 2 unspecified atom stereocenters. The average molecular weight is 481 g/mol. The van der Waals surface area contributed by atoms with E-state index in [2.05, 4.69) is 32.7 Å². The fourth-order valence-corrected chi connectivity index (χ4v) is 5.51. The Balaban J connectivity index is 1.37. The van der Waals surface area contributed by atoms with Gasteiger partial charge in [-0.2, -0.15) is 0 Å². The summed E-state index contributed by atoms with van der Waals surface area (Å²) in [6.45, 7) is 4.78. The van der Waals surface area contributed by atoms with E-state index in [1.165, 1.54) is 7.11 Å². The molecule has 10 heteroatoms. The second-order valence-electron chi connectivity index (χ2n) is 9.73. The zero-order valence-corrected chi connectivity index (χ0v) is 20.6. The number of amides is 2. The first-order chi connectivity index (χ1) is 16.3. The van der Waals surface area contributed by atoms with Crippen LogP contribution in [0.4, 0.5) is 0 Å². The van der Waals surface area contributed by atoms with Gasteiger partial charge in [-0.05, 0) is 65.2 Å². The van der Waals surface area contributed by atoms with E-state index in [-0.39, 0.29) is 54.2 Å². The van der Waals surface area contributed by atoms with Gasteiger partial charge in [0, 0.05) is 36.5 Å². The van der Waals surface area contributed by atoms with E-state index in [0.717, 1.165) is 38.5 Å². The molecule has 0 bridgehead atoms. The fraction of sp³-hybridized carbons (Fsp3) is 0.833. The Hall–Kier alpha value is -2.20. The summed E-state index contributed by atoms with van der Waals surface area (Å²) in [6.07, 6.45) is 6.42. The molecule has 3 N–H and O–H groups in total. The molecule has 34 heavy (non-hydrogen) atoms. The van der Waals surface area contributed by atoms with E-state index < -0.39 is 5.97 Å². The van der Waals surface area contributed by atoms with Crippen molar-refractivity contribution in [3.63, 3.8) is 0 Å². The van der Waals surface area contributed by atoms with Gasteiger partial charge in [-0.3, -0.25) is 24.6 Å². The van der Waals surface area contributed by atoms with Gasteiger partial charge in [0.15, 0.2) is 0 Å². The normalized spacial score (nSPS) is 32.0. The second-order valence-corrected chi connectivity index (χ2v) is 9.73. The summed E-state index contributed by atoms with van der Waals surface area (Å²) < 4.78 is 9.74. The first-order valence-electron chi connectivity index (χ1n) is 12.7. The SMILES string of the molecule is CCOC(=O)C1CNN(C2CCC(C(=O)NC3CCC(C(=O)NCC(=O)OC)CC3)CC2)C1C. The van der Waals surface area contributed by atoms with Crippen LogP contribution in [0.5, 0.6) is 0 Å². The number of hydrogen-bond donors (Lipinski definition) is 3. The summed E-state index contributed by atoms with van der Waals surface area (Å²) >= 11 is 0. The topological polar surface area (TPSA) is 126 Å².